The number of hydrogen-bond acceptors (Lipinski definition) is 4. The van der Waals surface area contributed by atoms with Gasteiger partial charge in [-0.05, 0) is 13.3 Å². The number of halogens is 3. The van der Waals surface area contributed by atoms with Gasteiger partial charge in [-0.2, -0.15) is 0 Å². The predicted molar refractivity (Wildman–Crippen MR) is 73.0 cm³/mol. The Labute approximate surface area is 110 Å². The van der Waals surface area contributed by atoms with Gasteiger partial charge in [-0.15, -0.1) is 37.2 Å². The van der Waals surface area contributed by atoms with Crippen LogP contribution in [0.15, 0.2) is 12.2 Å². The summed E-state index contributed by atoms with van der Waals surface area (Å²) in [6.07, 6.45) is 0.489. The van der Waals surface area contributed by atoms with E-state index in [-0.39, 0.29) is 61.6 Å². The first-order chi connectivity index (χ1) is 4.57. The SMILES string of the molecule is C=C(C)C(=O)NC(N)CC.Cl.Cl.Cl.N.N. The molecule has 0 aliphatic carbocycles. The Bertz CT molecular complexity index is 157. The minimum Gasteiger partial charge on any atom is -0.344 e. The van der Waals surface area contributed by atoms with Gasteiger partial charge < -0.3 is 23.4 Å². The van der Waals surface area contributed by atoms with E-state index in [0.29, 0.717) is 5.57 Å². The standard InChI is InChI=1S/C7H14N2O.3ClH.2H3N/c1-4-6(8)9-7(10)5(2)3;;;;;/h6H,2,4,8H2,1,3H3,(H,9,10);3*1H;2*1H3. The van der Waals surface area contributed by atoms with Crippen LogP contribution >= 0.6 is 37.2 Å². The Balaban J connectivity index is -0.0000000405. The zero-order valence-electron chi connectivity index (χ0n) is 9.12. The van der Waals surface area contributed by atoms with E-state index in [0.717, 1.165) is 6.42 Å². The third kappa shape index (κ3) is 20.1. The first-order valence-corrected chi connectivity index (χ1v) is 3.30. The molecule has 1 atom stereocenters. The molecule has 0 saturated heterocycles. The lowest BCUT2D eigenvalue weighted by Gasteiger charge is -2.10. The highest BCUT2D eigenvalue weighted by Crippen LogP contribution is 1.87. The molecule has 15 heavy (non-hydrogen) atoms. The molecule has 9 N–H and O–H groups in total. The van der Waals surface area contributed by atoms with Crippen molar-refractivity contribution in [2.45, 2.75) is 26.4 Å². The van der Waals surface area contributed by atoms with Crippen molar-refractivity contribution in [3.63, 3.8) is 0 Å². The number of nitrogens with two attached hydrogens (primary N) is 1. The van der Waals surface area contributed by atoms with Gasteiger partial charge in [0.05, 0.1) is 6.17 Å². The van der Waals surface area contributed by atoms with Crippen LogP contribution < -0.4 is 23.4 Å². The summed E-state index contributed by atoms with van der Waals surface area (Å²) in [6.45, 7) is 7.03. The lowest BCUT2D eigenvalue weighted by atomic mass is 10.3. The maximum Gasteiger partial charge on any atom is 0.247 e. The number of nitrogens with one attached hydrogen (secondary N) is 1. The molecule has 0 rings (SSSR count). The van der Waals surface area contributed by atoms with Gasteiger partial charge in [0, 0.05) is 5.57 Å². The Morgan fingerprint density at radius 1 is 1.33 bits per heavy atom. The fourth-order valence-electron chi connectivity index (χ4n) is 0.394. The van der Waals surface area contributed by atoms with Gasteiger partial charge in [-0.3, -0.25) is 4.79 Å². The normalized spacial score (nSPS) is 8.20. The monoisotopic (exact) mass is 284 g/mol. The fourth-order valence-corrected chi connectivity index (χ4v) is 0.394. The highest BCUT2D eigenvalue weighted by atomic mass is 35.5. The molecule has 5 nitrogen and oxygen atoms in total. The van der Waals surface area contributed by atoms with E-state index >= 15 is 0 Å². The molecule has 0 aliphatic rings. The largest absolute Gasteiger partial charge is 0.344 e. The number of hydrogen-bond donors (Lipinski definition) is 4. The topological polar surface area (TPSA) is 125 Å². The zero-order valence-corrected chi connectivity index (χ0v) is 11.6. The van der Waals surface area contributed by atoms with Crippen LogP contribution in [0.5, 0.6) is 0 Å². The van der Waals surface area contributed by atoms with Crippen molar-refractivity contribution in [2.24, 2.45) is 5.73 Å². The van der Waals surface area contributed by atoms with E-state index in [4.69, 9.17) is 5.73 Å². The molecular weight excluding hydrogens is 262 g/mol. The quantitative estimate of drug-likeness (QED) is 0.467. The second-order valence-corrected chi connectivity index (χ2v) is 2.27. The summed E-state index contributed by atoms with van der Waals surface area (Å²) in [5, 5.41) is 2.57. The molecule has 8 heteroatoms. The molecule has 0 heterocycles. The third-order valence-electron chi connectivity index (χ3n) is 1.14. The van der Waals surface area contributed by atoms with Crippen LogP contribution in [0.1, 0.15) is 20.3 Å². The van der Waals surface area contributed by atoms with Crippen LogP contribution in [0.4, 0.5) is 0 Å². The van der Waals surface area contributed by atoms with E-state index in [1.165, 1.54) is 0 Å². The van der Waals surface area contributed by atoms with E-state index in [9.17, 15) is 4.79 Å². The molecule has 0 aromatic carbocycles. The zero-order chi connectivity index (χ0) is 8.15. The number of carbonyl (C=O) groups excluding carboxylic acids is 1. The van der Waals surface area contributed by atoms with Crippen LogP contribution in [0.25, 0.3) is 0 Å². The minimum absolute atomic E-state index is 0. The molecule has 0 aliphatic heterocycles. The molecule has 1 unspecified atom stereocenters. The summed E-state index contributed by atoms with van der Waals surface area (Å²) in [6, 6.07) is 0. The van der Waals surface area contributed by atoms with E-state index in [1.54, 1.807) is 6.92 Å². The average Bonchev–Trinajstić information content (AvgIpc) is 1.87. The molecule has 0 saturated carbocycles. The van der Waals surface area contributed by atoms with Crippen LogP contribution in [0.3, 0.4) is 0 Å². The lowest BCUT2D eigenvalue weighted by molar-refractivity contribution is -0.118. The molecule has 0 bridgehead atoms. The molecular formula is C7H23Cl3N4O. The molecule has 0 spiro atoms. The van der Waals surface area contributed by atoms with E-state index < -0.39 is 0 Å². The molecule has 0 aromatic rings. The van der Waals surface area contributed by atoms with Gasteiger partial charge >= 0.3 is 0 Å². The van der Waals surface area contributed by atoms with Crippen LogP contribution in [0, 0.1) is 0 Å². The van der Waals surface area contributed by atoms with E-state index in [1.807, 2.05) is 6.92 Å². The highest BCUT2D eigenvalue weighted by Gasteiger charge is 2.04. The van der Waals surface area contributed by atoms with Gasteiger partial charge in [0.15, 0.2) is 0 Å². The van der Waals surface area contributed by atoms with Gasteiger partial charge in [-0.25, -0.2) is 0 Å². The summed E-state index contributed by atoms with van der Waals surface area (Å²) >= 11 is 0. The summed E-state index contributed by atoms with van der Waals surface area (Å²) in [5.74, 6) is -0.172. The molecule has 0 fully saturated rings. The van der Waals surface area contributed by atoms with Gasteiger partial charge in [0.1, 0.15) is 0 Å². The van der Waals surface area contributed by atoms with Crippen LogP contribution in [-0.4, -0.2) is 12.1 Å². The third-order valence-corrected chi connectivity index (χ3v) is 1.14. The summed E-state index contributed by atoms with van der Waals surface area (Å²) < 4.78 is 0. The number of amides is 1. The Morgan fingerprint density at radius 3 is 1.87 bits per heavy atom. The Kier molecular flexibility index (Phi) is 47.3. The molecule has 98 valence electrons. The average molecular weight is 286 g/mol. The van der Waals surface area contributed by atoms with Crippen molar-refractivity contribution in [2.75, 3.05) is 0 Å². The fraction of sp³-hybridized carbons (Fsp3) is 0.571. The number of rotatable bonds is 3. The van der Waals surface area contributed by atoms with Crippen molar-refractivity contribution in [3.05, 3.63) is 12.2 Å². The van der Waals surface area contributed by atoms with Crippen LogP contribution in [0.2, 0.25) is 0 Å². The van der Waals surface area contributed by atoms with Gasteiger partial charge in [-0.1, -0.05) is 13.5 Å². The maximum atomic E-state index is 10.8. The second-order valence-electron chi connectivity index (χ2n) is 2.27. The first kappa shape index (κ1) is 36.3. The second kappa shape index (κ2) is 19.5. The van der Waals surface area contributed by atoms with Crippen molar-refractivity contribution < 1.29 is 4.79 Å². The molecule has 0 aromatic heterocycles. The predicted octanol–water partition coefficient (Wildman–Crippen LogP) is 1.96. The minimum atomic E-state index is -0.246. The van der Waals surface area contributed by atoms with E-state index in [2.05, 4.69) is 11.9 Å². The highest BCUT2D eigenvalue weighted by molar-refractivity contribution is 5.92. The van der Waals surface area contributed by atoms with Crippen molar-refractivity contribution in [3.8, 4) is 0 Å². The lowest BCUT2D eigenvalue weighted by Crippen LogP contribution is -2.41. The van der Waals surface area contributed by atoms with Crippen LogP contribution in [-0.2, 0) is 4.79 Å². The van der Waals surface area contributed by atoms with Crippen molar-refractivity contribution in [1.29, 1.82) is 0 Å². The van der Waals surface area contributed by atoms with Crippen molar-refractivity contribution >= 4 is 43.1 Å². The van der Waals surface area contributed by atoms with Crippen molar-refractivity contribution in [1.82, 2.24) is 17.6 Å². The molecule has 1 amide bonds. The summed E-state index contributed by atoms with van der Waals surface area (Å²) in [7, 11) is 0. The van der Waals surface area contributed by atoms with Gasteiger partial charge in [0.25, 0.3) is 0 Å². The van der Waals surface area contributed by atoms with Gasteiger partial charge in [0.2, 0.25) is 5.91 Å². The smallest absolute Gasteiger partial charge is 0.247 e. The summed E-state index contributed by atoms with van der Waals surface area (Å²) in [4.78, 5) is 10.8. The first-order valence-electron chi connectivity index (χ1n) is 3.30. The molecule has 0 radical (unpaired) electrons. The summed E-state index contributed by atoms with van der Waals surface area (Å²) in [5.41, 5.74) is 5.93. The number of carbonyl (C=O) groups is 1. The maximum absolute atomic E-state index is 10.8. The Morgan fingerprint density at radius 2 is 1.67 bits per heavy atom. The Hall–Kier alpha value is -0.0400.